The molecule has 2 N–H and O–H groups in total. The fraction of sp³-hybridized carbons (Fsp3) is 0.312. The molecule has 8 heteroatoms. The predicted molar refractivity (Wildman–Crippen MR) is 87.5 cm³/mol. The van der Waals surface area contributed by atoms with Crippen LogP contribution in [0.5, 0.6) is 0 Å². The van der Waals surface area contributed by atoms with E-state index in [1.807, 2.05) is 17.5 Å². The Morgan fingerprint density at radius 2 is 2.08 bits per heavy atom. The highest BCUT2D eigenvalue weighted by Crippen LogP contribution is 2.22. The second kappa shape index (κ2) is 8.30. The van der Waals surface area contributed by atoms with Gasteiger partial charge < -0.3 is 19.8 Å². The number of carbonyl (C=O) groups is 3. The van der Waals surface area contributed by atoms with Crippen molar-refractivity contribution in [1.29, 1.82) is 0 Å². The third kappa shape index (κ3) is 4.69. The molecule has 2 heterocycles. The minimum Gasteiger partial charge on any atom is -0.472 e. The summed E-state index contributed by atoms with van der Waals surface area (Å²) in [5.74, 6) is -1.23. The Morgan fingerprint density at radius 3 is 2.67 bits per heavy atom. The lowest BCUT2D eigenvalue weighted by Crippen LogP contribution is -2.46. The zero-order valence-corrected chi connectivity index (χ0v) is 14.1. The number of furan rings is 1. The number of esters is 1. The monoisotopic (exact) mass is 350 g/mol. The molecule has 0 fully saturated rings. The van der Waals surface area contributed by atoms with Crippen LogP contribution in [-0.2, 0) is 14.3 Å². The van der Waals surface area contributed by atoms with Crippen LogP contribution in [0, 0.1) is 0 Å². The molecule has 0 aliphatic heterocycles. The maximum absolute atomic E-state index is 12.3. The average molecular weight is 350 g/mol. The summed E-state index contributed by atoms with van der Waals surface area (Å²) >= 11 is 1.43. The van der Waals surface area contributed by atoms with Crippen molar-refractivity contribution < 1.29 is 23.5 Å². The van der Waals surface area contributed by atoms with Crippen LogP contribution in [0.1, 0.15) is 34.6 Å². The molecule has 0 radical (unpaired) electrons. The van der Waals surface area contributed by atoms with Crippen LogP contribution in [0.2, 0.25) is 0 Å². The number of ether oxygens (including phenoxy) is 1. The Morgan fingerprint density at radius 1 is 1.29 bits per heavy atom. The van der Waals surface area contributed by atoms with Gasteiger partial charge in [0.1, 0.15) is 12.3 Å². The number of carbonyl (C=O) groups excluding carboxylic acids is 3. The van der Waals surface area contributed by atoms with E-state index in [-0.39, 0.29) is 6.42 Å². The molecule has 0 aromatic carbocycles. The third-order valence-corrected chi connectivity index (χ3v) is 4.31. The number of amides is 2. The van der Waals surface area contributed by atoms with E-state index in [0.717, 1.165) is 4.88 Å². The number of thiophene rings is 1. The van der Waals surface area contributed by atoms with Crippen molar-refractivity contribution in [3.05, 3.63) is 46.5 Å². The van der Waals surface area contributed by atoms with Gasteiger partial charge >= 0.3 is 5.97 Å². The standard InChI is InChI=1S/C16H18N2O5S/c1-10(17-16(21)11-5-6-23-9-11)15(20)18-12(8-14(19)22-2)13-4-3-7-24-13/h3-7,9-10,12H,8H2,1-2H3,(H,17,21)(H,18,20)/t10-,12+/m0/s1. The zero-order chi connectivity index (χ0) is 17.5. The van der Waals surface area contributed by atoms with Crippen molar-refractivity contribution in [2.75, 3.05) is 7.11 Å². The van der Waals surface area contributed by atoms with E-state index < -0.39 is 29.9 Å². The fourth-order valence-electron chi connectivity index (χ4n) is 2.00. The molecule has 7 nitrogen and oxygen atoms in total. The summed E-state index contributed by atoms with van der Waals surface area (Å²) in [6.45, 7) is 1.57. The molecule has 0 bridgehead atoms. The minimum absolute atomic E-state index is 0.0190. The van der Waals surface area contributed by atoms with E-state index in [0.29, 0.717) is 5.56 Å². The van der Waals surface area contributed by atoms with Crippen LogP contribution >= 0.6 is 11.3 Å². The summed E-state index contributed by atoms with van der Waals surface area (Å²) in [4.78, 5) is 36.7. The van der Waals surface area contributed by atoms with Crippen molar-refractivity contribution in [3.8, 4) is 0 Å². The molecule has 0 spiro atoms. The molecule has 0 aliphatic rings. The van der Waals surface area contributed by atoms with Gasteiger partial charge in [-0.15, -0.1) is 11.3 Å². The van der Waals surface area contributed by atoms with Crippen molar-refractivity contribution in [3.63, 3.8) is 0 Å². The number of hydrogen-bond donors (Lipinski definition) is 2. The molecule has 2 amide bonds. The van der Waals surface area contributed by atoms with Gasteiger partial charge in [0.15, 0.2) is 0 Å². The first kappa shape index (κ1) is 17.7. The molecule has 24 heavy (non-hydrogen) atoms. The lowest BCUT2D eigenvalue weighted by molar-refractivity contribution is -0.141. The van der Waals surface area contributed by atoms with E-state index >= 15 is 0 Å². The number of rotatable bonds is 7. The van der Waals surface area contributed by atoms with Crippen LogP contribution in [-0.4, -0.2) is 30.9 Å². The predicted octanol–water partition coefficient (Wildman–Crippen LogP) is 1.88. The smallest absolute Gasteiger partial charge is 0.307 e. The molecule has 2 aromatic rings. The van der Waals surface area contributed by atoms with E-state index in [4.69, 9.17) is 4.42 Å². The molecule has 0 aliphatic carbocycles. The second-order valence-electron chi connectivity index (χ2n) is 5.06. The number of hydrogen-bond acceptors (Lipinski definition) is 6. The minimum atomic E-state index is -0.771. The Hall–Kier alpha value is -2.61. The summed E-state index contributed by atoms with van der Waals surface area (Å²) in [5, 5.41) is 7.20. The Balaban J connectivity index is 1.98. The topological polar surface area (TPSA) is 97.6 Å². The van der Waals surface area contributed by atoms with Gasteiger partial charge in [0, 0.05) is 4.88 Å². The molecule has 2 atom stereocenters. The van der Waals surface area contributed by atoms with Crippen LogP contribution in [0.15, 0.2) is 40.5 Å². The van der Waals surface area contributed by atoms with Gasteiger partial charge in [0.25, 0.3) is 5.91 Å². The van der Waals surface area contributed by atoms with Gasteiger partial charge in [0.2, 0.25) is 5.91 Å². The maximum Gasteiger partial charge on any atom is 0.307 e. The first-order valence-corrected chi connectivity index (χ1v) is 8.13. The molecule has 0 unspecified atom stereocenters. The second-order valence-corrected chi connectivity index (χ2v) is 6.04. The largest absolute Gasteiger partial charge is 0.472 e. The lowest BCUT2D eigenvalue weighted by Gasteiger charge is -2.20. The quantitative estimate of drug-likeness (QED) is 0.743. The molecule has 128 valence electrons. The number of nitrogens with one attached hydrogen (secondary N) is 2. The highest BCUT2D eigenvalue weighted by atomic mass is 32.1. The van der Waals surface area contributed by atoms with Gasteiger partial charge in [-0.1, -0.05) is 6.07 Å². The summed E-state index contributed by atoms with van der Waals surface area (Å²) in [6.07, 6.45) is 2.69. The van der Waals surface area contributed by atoms with Gasteiger partial charge in [-0.3, -0.25) is 14.4 Å². The Labute approximate surface area is 143 Å². The molecule has 0 saturated carbocycles. The Bertz CT molecular complexity index is 681. The molecular formula is C16H18N2O5S. The van der Waals surface area contributed by atoms with Gasteiger partial charge in [0.05, 0.1) is 31.4 Å². The van der Waals surface area contributed by atoms with Crippen LogP contribution < -0.4 is 10.6 Å². The summed E-state index contributed by atoms with van der Waals surface area (Å²) in [6, 6.07) is 3.89. The SMILES string of the molecule is COC(=O)C[C@@H](NC(=O)[C@H](C)NC(=O)c1ccoc1)c1cccs1. The maximum atomic E-state index is 12.3. The Kier molecular flexibility index (Phi) is 6.14. The average Bonchev–Trinajstić information content (AvgIpc) is 3.26. The van der Waals surface area contributed by atoms with Crippen molar-refractivity contribution in [2.45, 2.75) is 25.4 Å². The van der Waals surface area contributed by atoms with E-state index in [1.165, 1.54) is 37.0 Å². The van der Waals surface area contributed by atoms with Gasteiger partial charge in [-0.05, 0) is 24.4 Å². The first-order valence-electron chi connectivity index (χ1n) is 7.25. The normalized spacial score (nSPS) is 12.9. The zero-order valence-electron chi connectivity index (χ0n) is 13.3. The van der Waals surface area contributed by atoms with E-state index in [1.54, 1.807) is 6.92 Å². The lowest BCUT2D eigenvalue weighted by atomic mass is 10.1. The molecule has 2 rings (SSSR count). The molecular weight excluding hydrogens is 332 g/mol. The van der Waals surface area contributed by atoms with Gasteiger partial charge in [-0.25, -0.2) is 0 Å². The van der Waals surface area contributed by atoms with Crippen molar-refractivity contribution in [2.24, 2.45) is 0 Å². The van der Waals surface area contributed by atoms with Crippen LogP contribution in [0.3, 0.4) is 0 Å². The van der Waals surface area contributed by atoms with Crippen molar-refractivity contribution in [1.82, 2.24) is 10.6 Å². The molecule has 2 aromatic heterocycles. The molecule has 0 saturated heterocycles. The van der Waals surface area contributed by atoms with Crippen molar-refractivity contribution >= 4 is 29.1 Å². The summed E-state index contributed by atoms with van der Waals surface area (Å²) < 4.78 is 9.50. The highest BCUT2D eigenvalue weighted by molar-refractivity contribution is 7.10. The summed E-state index contributed by atoms with van der Waals surface area (Å²) in [7, 11) is 1.30. The highest BCUT2D eigenvalue weighted by Gasteiger charge is 2.24. The van der Waals surface area contributed by atoms with E-state index in [2.05, 4.69) is 15.4 Å². The third-order valence-electron chi connectivity index (χ3n) is 3.33. The number of methoxy groups -OCH3 is 1. The van der Waals surface area contributed by atoms with E-state index in [9.17, 15) is 14.4 Å². The summed E-state index contributed by atoms with van der Waals surface area (Å²) in [5.41, 5.74) is 0.332. The first-order chi connectivity index (χ1) is 11.5. The van der Waals surface area contributed by atoms with Crippen LogP contribution in [0.4, 0.5) is 0 Å². The van der Waals surface area contributed by atoms with Crippen LogP contribution in [0.25, 0.3) is 0 Å². The van der Waals surface area contributed by atoms with Gasteiger partial charge in [-0.2, -0.15) is 0 Å². The fourth-order valence-corrected chi connectivity index (χ4v) is 2.78.